The van der Waals surface area contributed by atoms with Crippen LogP contribution in [0.3, 0.4) is 0 Å². The minimum absolute atomic E-state index is 0.175. The van der Waals surface area contributed by atoms with Crippen LogP contribution in [0.15, 0.2) is 23.1 Å². The van der Waals surface area contributed by atoms with E-state index in [1.807, 2.05) is 29.2 Å². The van der Waals surface area contributed by atoms with Gasteiger partial charge in [0.15, 0.2) is 0 Å². The third-order valence-electron chi connectivity index (χ3n) is 4.92. The number of hydrogen-bond donors (Lipinski definition) is 0. The molecule has 9 nitrogen and oxygen atoms in total. The van der Waals surface area contributed by atoms with Gasteiger partial charge in [-0.2, -0.15) is 0 Å². The van der Waals surface area contributed by atoms with Gasteiger partial charge >= 0.3 is 0 Å². The van der Waals surface area contributed by atoms with Gasteiger partial charge in [-0.05, 0) is 26.3 Å². The SMILES string of the molecule is Cc1noc(C)c1CCC(=O)N1CCN(c2ccnc3nncn23)CC1. The summed E-state index contributed by atoms with van der Waals surface area (Å²) in [4.78, 5) is 20.9. The highest BCUT2D eigenvalue weighted by Gasteiger charge is 2.23. The van der Waals surface area contributed by atoms with Crippen molar-refractivity contribution in [3.63, 3.8) is 0 Å². The number of aryl methyl sites for hydroxylation is 2. The molecule has 26 heavy (non-hydrogen) atoms. The van der Waals surface area contributed by atoms with Gasteiger partial charge in [-0.3, -0.25) is 9.20 Å². The average Bonchev–Trinajstić information content (AvgIpc) is 3.26. The van der Waals surface area contributed by atoms with Crippen molar-refractivity contribution in [1.29, 1.82) is 0 Å². The molecule has 4 rings (SSSR count). The van der Waals surface area contributed by atoms with Crippen molar-refractivity contribution in [2.24, 2.45) is 0 Å². The molecule has 1 aliphatic heterocycles. The van der Waals surface area contributed by atoms with E-state index in [9.17, 15) is 4.79 Å². The molecule has 0 bridgehead atoms. The van der Waals surface area contributed by atoms with Crippen molar-refractivity contribution in [2.45, 2.75) is 26.7 Å². The molecule has 0 atom stereocenters. The number of carbonyl (C=O) groups is 1. The maximum absolute atomic E-state index is 12.6. The fourth-order valence-corrected chi connectivity index (χ4v) is 3.42. The molecule has 3 aromatic rings. The van der Waals surface area contributed by atoms with Crippen LogP contribution in [0.2, 0.25) is 0 Å². The molecule has 0 radical (unpaired) electrons. The lowest BCUT2D eigenvalue weighted by Crippen LogP contribution is -2.49. The first-order valence-corrected chi connectivity index (χ1v) is 8.72. The Hall–Kier alpha value is -2.97. The Balaban J connectivity index is 1.36. The van der Waals surface area contributed by atoms with Crippen LogP contribution in [0.5, 0.6) is 0 Å². The maximum atomic E-state index is 12.6. The molecule has 0 spiro atoms. The van der Waals surface area contributed by atoms with E-state index in [-0.39, 0.29) is 5.91 Å². The number of amides is 1. The monoisotopic (exact) mass is 355 g/mol. The van der Waals surface area contributed by atoms with Crippen molar-refractivity contribution < 1.29 is 9.32 Å². The maximum Gasteiger partial charge on any atom is 0.256 e. The van der Waals surface area contributed by atoms with E-state index >= 15 is 0 Å². The van der Waals surface area contributed by atoms with Gasteiger partial charge in [0.05, 0.1) is 5.69 Å². The van der Waals surface area contributed by atoms with Gasteiger partial charge in [0.25, 0.3) is 5.78 Å². The number of aromatic nitrogens is 5. The van der Waals surface area contributed by atoms with Gasteiger partial charge in [0.1, 0.15) is 17.9 Å². The normalized spacial score (nSPS) is 15.0. The summed E-state index contributed by atoms with van der Waals surface area (Å²) in [5, 5.41) is 11.8. The van der Waals surface area contributed by atoms with Crippen LogP contribution in [0.25, 0.3) is 5.78 Å². The highest BCUT2D eigenvalue weighted by Crippen LogP contribution is 2.18. The summed E-state index contributed by atoms with van der Waals surface area (Å²) in [5.74, 6) is 2.56. The van der Waals surface area contributed by atoms with Gasteiger partial charge in [-0.15, -0.1) is 10.2 Å². The lowest BCUT2D eigenvalue weighted by molar-refractivity contribution is -0.131. The molecule has 0 unspecified atom stereocenters. The lowest BCUT2D eigenvalue weighted by Gasteiger charge is -2.36. The Kier molecular flexibility index (Phi) is 4.27. The van der Waals surface area contributed by atoms with Gasteiger partial charge in [-0.1, -0.05) is 5.16 Å². The highest BCUT2D eigenvalue weighted by molar-refractivity contribution is 5.76. The molecule has 1 aliphatic rings. The third kappa shape index (κ3) is 3.00. The molecule has 9 heteroatoms. The number of anilines is 1. The summed E-state index contributed by atoms with van der Waals surface area (Å²) in [7, 11) is 0. The van der Waals surface area contributed by atoms with E-state index < -0.39 is 0 Å². The molecule has 1 fully saturated rings. The fourth-order valence-electron chi connectivity index (χ4n) is 3.42. The van der Waals surface area contributed by atoms with Crippen molar-refractivity contribution in [3.8, 4) is 0 Å². The molecule has 1 saturated heterocycles. The van der Waals surface area contributed by atoms with Crippen LogP contribution in [-0.4, -0.2) is 61.7 Å². The van der Waals surface area contributed by atoms with Crippen LogP contribution < -0.4 is 4.90 Å². The van der Waals surface area contributed by atoms with E-state index in [0.717, 1.165) is 35.9 Å². The van der Waals surface area contributed by atoms with Crippen molar-refractivity contribution in [1.82, 2.24) is 29.6 Å². The predicted octanol–water partition coefficient (Wildman–Crippen LogP) is 1.01. The number of hydrogen-bond acceptors (Lipinski definition) is 7. The zero-order valence-corrected chi connectivity index (χ0v) is 14.9. The molecule has 0 aliphatic carbocycles. The molecule has 3 aromatic heterocycles. The summed E-state index contributed by atoms with van der Waals surface area (Å²) in [6.45, 7) is 6.75. The molecule has 0 saturated carbocycles. The Morgan fingerprint density at radius 2 is 2.04 bits per heavy atom. The number of rotatable bonds is 4. The van der Waals surface area contributed by atoms with Crippen molar-refractivity contribution in [2.75, 3.05) is 31.1 Å². The zero-order chi connectivity index (χ0) is 18.1. The Morgan fingerprint density at radius 3 is 2.77 bits per heavy atom. The molecule has 136 valence electrons. The topological polar surface area (TPSA) is 92.7 Å². The number of piperazine rings is 1. The quantitative estimate of drug-likeness (QED) is 0.689. The Bertz CT molecular complexity index is 905. The van der Waals surface area contributed by atoms with E-state index in [4.69, 9.17) is 4.52 Å². The molecular formula is C17H21N7O2. The summed E-state index contributed by atoms with van der Waals surface area (Å²) in [5.41, 5.74) is 1.92. The van der Waals surface area contributed by atoms with Crippen LogP contribution in [0.1, 0.15) is 23.4 Å². The molecule has 0 aromatic carbocycles. The minimum Gasteiger partial charge on any atom is -0.361 e. The number of fused-ring (bicyclic) bond motifs is 1. The molecule has 1 amide bonds. The third-order valence-corrected chi connectivity index (χ3v) is 4.92. The Morgan fingerprint density at radius 1 is 1.23 bits per heavy atom. The number of nitrogens with zero attached hydrogens (tertiary/aromatic N) is 7. The van der Waals surface area contributed by atoms with E-state index in [2.05, 4.69) is 25.2 Å². The average molecular weight is 355 g/mol. The summed E-state index contributed by atoms with van der Waals surface area (Å²) >= 11 is 0. The van der Waals surface area contributed by atoms with Crippen LogP contribution >= 0.6 is 0 Å². The molecule has 4 heterocycles. The second-order valence-electron chi connectivity index (χ2n) is 6.47. The van der Waals surface area contributed by atoms with E-state index in [1.54, 1.807) is 12.5 Å². The standard InChI is InChI=1S/C17H21N7O2/c1-12-14(13(2)26-21-12)3-4-16(25)23-9-7-22(8-10-23)15-5-6-18-17-20-19-11-24(15)17/h5-6,11H,3-4,7-10H2,1-2H3. The first-order valence-electron chi connectivity index (χ1n) is 8.72. The first-order chi connectivity index (χ1) is 12.6. The van der Waals surface area contributed by atoms with E-state index in [1.165, 1.54) is 0 Å². The van der Waals surface area contributed by atoms with Crippen molar-refractivity contribution >= 4 is 17.5 Å². The zero-order valence-electron chi connectivity index (χ0n) is 14.9. The Labute approximate surface area is 150 Å². The minimum atomic E-state index is 0.175. The van der Waals surface area contributed by atoms with Crippen LogP contribution in [-0.2, 0) is 11.2 Å². The lowest BCUT2D eigenvalue weighted by atomic mass is 10.1. The van der Waals surface area contributed by atoms with Crippen LogP contribution in [0, 0.1) is 13.8 Å². The van der Waals surface area contributed by atoms with Gasteiger partial charge in [0.2, 0.25) is 5.91 Å². The second-order valence-corrected chi connectivity index (χ2v) is 6.47. The van der Waals surface area contributed by atoms with Gasteiger partial charge < -0.3 is 14.3 Å². The summed E-state index contributed by atoms with van der Waals surface area (Å²) < 4.78 is 7.04. The largest absolute Gasteiger partial charge is 0.361 e. The van der Waals surface area contributed by atoms with Gasteiger partial charge in [-0.25, -0.2) is 4.98 Å². The molecular weight excluding hydrogens is 334 g/mol. The highest BCUT2D eigenvalue weighted by atomic mass is 16.5. The molecule has 0 N–H and O–H groups in total. The second kappa shape index (κ2) is 6.74. The summed E-state index contributed by atoms with van der Waals surface area (Å²) in [6.07, 6.45) is 4.55. The van der Waals surface area contributed by atoms with Crippen LogP contribution in [0.4, 0.5) is 5.82 Å². The van der Waals surface area contributed by atoms with E-state index in [0.29, 0.717) is 31.7 Å². The van der Waals surface area contributed by atoms with Crippen molar-refractivity contribution in [3.05, 3.63) is 35.6 Å². The summed E-state index contributed by atoms with van der Waals surface area (Å²) in [6, 6.07) is 1.95. The predicted molar refractivity (Wildman–Crippen MR) is 93.9 cm³/mol. The van der Waals surface area contributed by atoms with Gasteiger partial charge in [0, 0.05) is 44.4 Å². The number of carbonyl (C=O) groups excluding carboxylic acids is 1. The fraction of sp³-hybridized carbons (Fsp3) is 0.471. The smallest absolute Gasteiger partial charge is 0.256 e. The first kappa shape index (κ1) is 16.5.